The fourth-order valence-electron chi connectivity index (χ4n) is 1.65. The van der Waals surface area contributed by atoms with Crippen molar-refractivity contribution < 1.29 is 0 Å². The van der Waals surface area contributed by atoms with Crippen LogP contribution in [0.25, 0.3) is 5.69 Å². The van der Waals surface area contributed by atoms with E-state index in [1.807, 2.05) is 6.07 Å². The van der Waals surface area contributed by atoms with Crippen molar-refractivity contribution in [1.82, 2.24) is 14.8 Å². The van der Waals surface area contributed by atoms with Gasteiger partial charge >= 0.3 is 5.69 Å². The van der Waals surface area contributed by atoms with Crippen molar-refractivity contribution in [3.05, 3.63) is 46.1 Å². The number of H-pyrrole nitrogens is 1. The number of hydrogen-bond acceptors (Lipinski definition) is 4. The summed E-state index contributed by atoms with van der Waals surface area (Å²) in [5.41, 5.74) is 6.03. The van der Waals surface area contributed by atoms with Gasteiger partial charge in [0.05, 0.1) is 22.9 Å². The maximum atomic E-state index is 11.8. The number of nitrogens with zero attached hydrogens (tertiary/aromatic N) is 3. The second-order valence-electron chi connectivity index (χ2n) is 4.57. The highest BCUT2D eigenvalue weighted by molar-refractivity contribution is 5.40. The third-order valence-corrected chi connectivity index (χ3v) is 2.50. The average molecular weight is 243 g/mol. The molecule has 3 N–H and O–H groups in total. The van der Waals surface area contributed by atoms with Crippen LogP contribution >= 0.6 is 0 Å². The van der Waals surface area contributed by atoms with Crippen LogP contribution in [0.4, 0.5) is 0 Å². The number of nitrogens with one attached hydrogen (secondary N) is 1. The summed E-state index contributed by atoms with van der Waals surface area (Å²) in [7, 11) is 0. The van der Waals surface area contributed by atoms with Crippen molar-refractivity contribution in [2.45, 2.75) is 19.4 Å². The van der Waals surface area contributed by atoms with E-state index >= 15 is 0 Å². The third-order valence-electron chi connectivity index (χ3n) is 2.50. The molecule has 6 heteroatoms. The smallest absolute Gasteiger partial charge is 0.319 e. The lowest BCUT2D eigenvalue weighted by molar-refractivity contribution is 0.502. The topological polar surface area (TPSA) is 100 Å². The molecule has 2 rings (SSSR count). The highest BCUT2D eigenvalue weighted by atomic mass is 16.1. The summed E-state index contributed by atoms with van der Waals surface area (Å²) < 4.78 is 1.40. The van der Waals surface area contributed by atoms with Crippen molar-refractivity contribution in [1.29, 1.82) is 5.26 Å². The number of aromatic amines is 1. The summed E-state index contributed by atoms with van der Waals surface area (Å²) >= 11 is 0. The van der Waals surface area contributed by atoms with Gasteiger partial charge in [-0.1, -0.05) is 0 Å². The minimum Gasteiger partial charge on any atom is -0.319 e. The molecule has 0 saturated heterocycles. The summed E-state index contributed by atoms with van der Waals surface area (Å²) in [5, 5.41) is 15.1. The molecule has 0 saturated carbocycles. The van der Waals surface area contributed by atoms with Crippen molar-refractivity contribution in [2.75, 3.05) is 0 Å². The quantitative estimate of drug-likeness (QED) is 0.807. The molecular formula is C12H13N5O. The summed E-state index contributed by atoms with van der Waals surface area (Å²) in [6.07, 6.45) is 0. The molecule has 18 heavy (non-hydrogen) atoms. The Morgan fingerprint density at radius 1 is 1.39 bits per heavy atom. The third kappa shape index (κ3) is 2.04. The van der Waals surface area contributed by atoms with Crippen LogP contribution in [0, 0.1) is 11.3 Å². The van der Waals surface area contributed by atoms with Crippen LogP contribution in [0.1, 0.15) is 25.2 Å². The fourth-order valence-corrected chi connectivity index (χ4v) is 1.65. The zero-order valence-electron chi connectivity index (χ0n) is 10.1. The van der Waals surface area contributed by atoms with Crippen LogP contribution < -0.4 is 11.4 Å². The molecule has 0 aliphatic rings. The molecule has 0 bridgehead atoms. The molecule has 6 nitrogen and oxygen atoms in total. The molecule has 0 spiro atoms. The highest BCUT2D eigenvalue weighted by Gasteiger charge is 2.23. The van der Waals surface area contributed by atoms with E-state index in [0.717, 1.165) is 0 Å². The number of hydrogen-bond donors (Lipinski definition) is 2. The highest BCUT2D eigenvalue weighted by Crippen LogP contribution is 2.16. The molecule has 0 amide bonds. The minimum atomic E-state index is -0.743. The van der Waals surface area contributed by atoms with Gasteiger partial charge in [0.1, 0.15) is 0 Å². The standard InChI is InChI=1S/C12H13N5O/c1-12(2,14)10-15-16-11(18)17(10)9-5-3-8(7-13)4-6-9/h3-6H,14H2,1-2H3,(H,16,18). The van der Waals surface area contributed by atoms with Gasteiger partial charge < -0.3 is 5.73 Å². The van der Waals surface area contributed by atoms with E-state index in [2.05, 4.69) is 10.2 Å². The molecule has 0 fully saturated rings. The molecule has 0 atom stereocenters. The first-order chi connectivity index (χ1) is 8.43. The van der Waals surface area contributed by atoms with E-state index in [-0.39, 0.29) is 5.69 Å². The van der Waals surface area contributed by atoms with Gasteiger partial charge in [-0.25, -0.2) is 14.5 Å². The molecule has 2 aromatic rings. The van der Waals surface area contributed by atoms with Crippen molar-refractivity contribution in [3.8, 4) is 11.8 Å². The lowest BCUT2D eigenvalue weighted by atomic mass is 10.1. The van der Waals surface area contributed by atoms with Crippen LogP contribution in [0.15, 0.2) is 29.1 Å². The van der Waals surface area contributed by atoms with Gasteiger partial charge in [0.25, 0.3) is 0 Å². The first-order valence-corrected chi connectivity index (χ1v) is 5.41. The van der Waals surface area contributed by atoms with E-state index in [0.29, 0.717) is 17.1 Å². The van der Waals surface area contributed by atoms with Crippen LogP contribution in [0.5, 0.6) is 0 Å². The van der Waals surface area contributed by atoms with Crippen molar-refractivity contribution >= 4 is 0 Å². The van der Waals surface area contributed by atoms with E-state index in [4.69, 9.17) is 11.0 Å². The van der Waals surface area contributed by atoms with Crippen molar-refractivity contribution in [3.63, 3.8) is 0 Å². The maximum absolute atomic E-state index is 11.8. The zero-order valence-corrected chi connectivity index (χ0v) is 10.1. The Balaban J connectivity index is 2.60. The molecular weight excluding hydrogens is 230 g/mol. The Morgan fingerprint density at radius 2 is 2.00 bits per heavy atom. The summed E-state index contributed by atoms with van der Waals surface area (Å²) in [5.74, 6) is 0.442. The monoisotopic (exact) mass is 243 g/mol. The molecule has 1 aromatic heterocycles. The molecule has 1 heterocycles. The van der Waals surface area contributed by atoms with Gasteiger partial charge in [-0.2, -0.15) is 10.4 Å². The molecule has 0 radical (unpaired) electrons. The Morgan fingerprint density at radius 3 is 2.50 bits per heavy atom. The Labute approximate surface area is 104 Å². The van der Waals surface area contributed by atoms with E-state index < -0.39 is 5.54 Å². The zero-order chi connectivity index (χ0) is 13.3. The lowest BCUT2D eigenvalue weighted by Gasteiger charge is -2.18. The Hall–Kier alpha value is -2.39. The SMILES string of the molecule is CC(C)(N)c1n[nH]c(=O)n1-c1ccc(C#N)cc1. The molecule has 0 unspecified atom stereocenters. The van der Waals surface area contributed by atoms with E-state index in [1.165, 1.54) is 4.57 Å². The summed E-state index contributed by atoms with van der Waals surface area (Å²) in [4.78, 5) is 11.8. The first-order valence-electron chi connectivity index (χ1n) is 5.41. The number of rotatable bonds is 2. The molecule has 0 aliphatic carbocycles. The van der Waals surface area contributed by atoms with Gasteiger partial charge in [0, 0.05) is 0 Å². The predicted molar refractivity (Wildman–Crippen MR) is 66.1 cm³/mol. The van der Waals surface area contributed by atoms with Crippen LogP contribution in [-0.4, -0.2) is 14.8 Å². The molecule has 1 aromatic carbocycles. The number of aromatic nitrogens is 3. The van der Waals surface area contributed by atoms with Gasteiger partial charge in [-0.05, 0) is 38.1 Å². The van der Waals surface area contributed by atoms with Crippen LogP contribution in [-0.2, 0) is 5.54 Å². The van der Waals surface area contributed by atoms with Gasteiger partial charge in [0.15, 0.2) is 5.82 Å². The van der Waals surface area contributed by atoms with Crippen LogP contribution in [0.3, 0.4) is 0 Å². The summed E-state index contributed by atoms with van der Waals surface area (Å²) in [6, 6.07) is 8.68. The van der Waals surface area contributed by atoms with Gasteiger partial charge in [0.2, 0.25) is 0 Å². The van der Waals surface area contributed by atoms with Gasteiger partial charge in [-0.3, -0.25) is 0 Å². The van der Waals surface area contributed by atoms with Crippen LogP contribution in [0.2, 0.25) is 0 Å². The largest absolute Gasteiger partial charge is 0.347 e. The van der Waals surface area contributed by atoms with Gasteiger partial charge in [-0.15, -0.1) is 0 Å². The fraction of sp³-hybridized carbons (Fsp3) is 0.250. The second kappa shape index (κ2) is 4.13. The van der Waals surface area contributed by atoms with E-state index in [9.17, 15) is 4.79 Å². The number of nitrogens with two attached hydrogens (primary N) is 1. The predicted octanol–water partition coefficient (Wildman–Crippen LogP) is 0.626. The number of benzene rings is 1. The maximum Gasteiger partial charge on any atom is 0.347 e. The molecule has 92 valence electrons. The van der Waals surface area contributed by atoms with Crippen molar-refractivity contribution in [2.24, 2.45) is 5.73 Å². The number of nitriles is 1. The summed E-state index contributed by atoms with van der Waals surface area (Å²) in [6.45, 7) is 3.53. The Kier molecular flexibility index (Phi) is 2.77. The first kappa shape index (κ1) is 12.1. The Bertz CT molecular complexity index is 652. The minimum absolute atomic E-state index is 0.353. The average Bonchev–Trinajstić information content (AvgIpc) is 2.71. The normalized spacial score (nSPS) is 11.2. The van der Waals surface area contributed by atoms with E-state index in [1.54, 1.807) is 38.1 Å². The molecule has 0 aliphatic heterocycles. The lowest BCUT2D eigenvalue weighted by Crippen LogP contribution is -2.34. The second-order valence-corrected chi connectivity index (χ2v) is 4.57.